The van der Waals surface area contributed by atoms with Crippen molar-refractivity contribution < 1.29 is 22.7 Å². The molecule has 0 radical (unpaired) electrons. The van der Waals surface area contributed by atoms with Crippen molar-refractivity contribution in [3.63, 3.8) is 0 Å². The SMILES string of the molecule is NC(=O)C1(Oc2cccc(C(F)(F)F)c2)C=CNC=N1. The van der Waals surface area contributed by atoms with Crippen molar-refractivity contribution in [1.82, 2.24) is 5.32 Å². The van der Waals surface area contributed by atoms with Crippen LogP contribution in [0.3, 0.4) is 0 Å². The van der Waals surface area contributed by atoms with Crippen LogP contribution in [-0.2, 0) is 11.0 Å². The third-order valence-electron chi connectivity index (χ3n) is 2.52. The highest BCUT2D eigenvalue weighted by molar-refractivity contribution is 5.88. The molecule has 1 atom stereocenters. The van der Waals surface area contributed by atoms with Gasteiger partial charge in [0.25, 0.3) is 5.91 Å². The fraction of sp³-hybridized carbons (Fsp3) is 0.167. The zero-order chi connectivity index (χ0) is 14.8. The maximum absolute atomic E-state index is 12.6. The van der Waals surface area contributed by atoms with Crippen LogP contribution < -0.4 is 15.8 Å². The molecule has 0 fully saturated rings. The van der Waals surface area contributed by atoms with Gasteiger partial charge in [0.05, 0.1) is 11.9 Å². The number of rotatable bonds is 3. The number of ether oxygens (including phenoxy) is 1. The summed E-state index contributed by atoms with van der Waals surface area (Å²) in [5.41, 5.74) is 2.45. The molecule has 2 rings (SSSR count). The number of carbonyl (C=O) groups is 1. The fourth-order valence-electron chi connectivity index (χ4n) is 1.55. The van der Waals surface area contributed by atoms with Gasteiger partial charge in [-0.3, -0.25) is 4.79 Å². The summed E-state index contributed by atoms with van der Waals surface area (Å²) in [6, 6.07) is 4.12. The van der Waals surface area contributed by atoms with Crippen molar-refractivity contribution >= 4 is 12.2 Å². The molecular weight excluding hydrogens is 275 g/mol. The standard InChI is InChI=1S/C12H10F3N3O2/c13-12(14,15)8-2-1-3-9(6-8)20-11(10(16)19)4-5-17-7-18-11/h1-7H,(H2,16,19)(H,17,18). The van der Waals surface area contributed by atoms with Gasteiger partial charge in [-0.25, -0.2) is 4.99 Å². The van der Waals surface area contributed by atoms with E-state index in [1.807, 2.05) is 0 Å². The van der Waals surface area contributed by atoms with Crippen LogP contribution in [-0.4, -0.2) is 18.0 Å². The van der Waals surface area contributed by atoms with Gasteiger partial charge in [-0.15, -0.1) is 0 Å². The van der Waals surface area contributed by atoms with Crippen LogP contribution in [0.25, 0.3) is 0 Å². The van der Waals surface area contributed by atoms with E-state index in [2.05, 4.69) is 10.3 Å². The molecule has 5 nitrogen and oxygen atoms in total. The number of amides is 1. The van der Waals surface area contributed by atoms with Gasteiger partial charge in [-0.2, -0.15) is 13.2 Å². The maximum atomic E-state index is 12.6. The highest BCUT2D eigenvalue weighted by atomic mass is 19.4. The minimum Gasteiger partial charge on any atom is -0.453 e. The van der Waals surface area contributed by atoms with Crippen LogP contribution in [0.5, 0.6) is 5.75 Å². The molecular formula is C12H10F3N3O2. The molecule has 1 heterocycles. The summed E-state index contributed by atoms with van der Waals surface area (Å²) in [6.07, 6.45) is -0.772. The summed E-state index contributed by atoms with van der Waals surface area (Å²) in [7, 11) is 0. The first-order valence-corrected chi connectivity index (χ1v) is 5.47. The van der Waals surface area contributed by atoms with E-state index < -0.39 is 23.4 Å². The first-order valence-electron chi connectivity index (χ1n) is 5.47. The lowest BCUT2D eigenvalue weighted by atomic mass is 10.1. The lowest BCUT2D eigenvalue weighted by molar-refractivity contribution is -0.137. The Morgan fingerprint density at radius 3 is 2.70 bits per heavy atom. The van der Waals surface area contributed by atoms with Gasteiger partial charge >= 0.3 is 11.9 Å². The zero-order valence-electron chi connectivity index (χ0n) is 10.0. The number of aliphatic imine (C=N–C) groups is 1. The molecule has 1 aromatic carbocycles. The fourth-order valence-corrected chi connectivity index (χ4v) is 1.55. The number of benzene rings is 1. The van der Waals surface area contributed by atoms with Crippen LogP contribution in [0.1, 0.15) is 5.56 Å². The molecule has 0 aromatic heterocycles. The van der Waals surface area contributed by atoms with Crippen molar-refractivity contribution in [2.45, 2.75) is 11.9 Å². The number of nitrogens with zero attached hydrogens (tertiary/aromatic N) is 1. The average molecular weight is 285 g/mol. The first kappa shape index (κ1) is 13.9. The Balaban J connectivity index is 2.33. The van der Waals surface area contributed by atoms with Crippen molar-refractivity contribution in [3.8, 4) is 5.75 Å². The number of alkyl halides is 3. The van der Waals surface area contributed by atoms with E-state index in [9.17, 15) is 18.0 Å². The molecule has 3 N–H and O–H groups in total. The molecule has 0 spiro atoms. The summed E-state index contributed by atoms with van der Waals surface area (Å²) in [5.74, 6) is -1.11. The highest BCUT2D eigenvalue weighted by Crippen LogP contribution is 2.32. The van der Waals surface area contributed by atoms with Gasteiger partial charge in [0.1, 0.15) is 5.75 Å². The molecule has 0 aliphatic carbocycles. The smallest absolute Gasteiger partial charge is 0.416 e. The largest absolute Gasteiger partial charge is 0.453 e. The summed E-state index contributed by atoms with van der Waals surface area (Å²) < 4.78 is 43.0. The second-order valence-electron chi connectivity index (χ2n) is 3.95. The van der Waals surface area contributed by atoms with E-state index in [0.29, 0.717) is 0 Å². The number of hydrogen-bond acceptors (Lipinski definition) is 4. The zero-order valence-corrected chi connectivity index (χ0v) is 10.0. The van der Waals surface area contributed by atoms with Crippen LogP contribution in [0, 0.1) is 0 Å². The average Bonchev–Trinajstić information content (AvgIpc) is 2.39. The summed E-state index contributed by atoms with van der Waals surface area (Å²) in [4.78, 5) is 15.2. The van der Waals surface area contributed by atoms with Crippen molar-refractivity contribution in [2.24, 2.45) is 10.7 Å². The Morgan fingerprint density at radius 1 is 1.40 bits per heavy atom. The molecule has 0 bridgehead atoms. The van der Waals surface area contributed by atoms with Crippen LogP contribution in [0.4, 0.5) is 13.2 Å². The van der Waals surface area contributed by atoms with Gasteiger partial charge in [0, 0.05) is 12.3 Å². The van der Waals surface area contributed by atoms with E-state index in [1.54, 1.807) is 0 Å². The molecule has 1 amide bonds. The molecule has 1 aliphatic rings. The number of halogens is 3. The minimum absolute atomic E-state index is 0.165. The predicted octanol–water partition coefficient (Wildman–Crippen LogP) is 1.41. The molecule has 8 heteroatoms. The lowest BCUT2D eigenvalue weighted by Crippen LogP contribution is -2.47. The molecule has 106 valence electrons. The summed E-state index contributed by atoms with van der Waals surface area (Å²) in [6.45, 7) is 0. The van der Waals surface area contributed by atoms with Crippen molar-refractivity contribution in [3.05, 3.63) is 42.1 Å². The van der Waals surface area contributed by atoms with Crippen molar-refractivity contribution in [2.75, 3.05) is 0 Å². The normalized spacial score (nSPS) is 21.4. The molecule has 1 aliphatic heterocycles. The third-order valence-corrected chi connectivity index (χ3v) is 2.52. The molecule has 0 saturated carbocycles. The highest BCUT2D eigenvalue weighted by Gasteiger charge is 2.38. The number of nitrogens with two attached hydrogens (primary N) is 1. The van der Waals surface area contributed by atoms with E-state index >= 15 is 0 Å². The number of carbonyl (C=O) groups excluding carboxylic acids is 1. The van der Waals surface area contributed by atoms with Gasteiger partial charge in [0.2, 0.25) is 0 Å². The topological polar surface area (TPSA) is 76.7 Å². The number of hydrogen-bond donors (Lipinski definition) is 2. The number of primary amides is 1. The molecule has 0 saturated heterocycles. The Hall–Kier alpha value is -2.51. The Morgan fingerprint density at radius 2 is 2.15 bits per heavy atom. The van der Waals surface area contributed by atoms with E-state index in [4.69, 9.17) is 10.5 Å². The number of nitrogens with one attached hydrogen (secondary N) is 1. The predicted molar refractivity (Wildman–Crippen MR) is 64.8 cm³/mol. The quantitative estimate of drug-likeness (QED) is 0.881. The van der Waals surface area contributed by atoms with Gasteiger partial charge in [0.15, 0.2) is 0 Å². The van der Waals surface area contributed by atoms with Crippen LogP contribution in [0.2, 0.25) is 0 Å². The van der Waals surface area contributed by atoms with E-state index in [-0.39, 0.29) is 5.75 Å². The van der Waals surface area contributed by atoms with Gasteiger partial charge in [-0.05, 0) is 18.2 Å². The second kappa shape index (κ2) is 4.87. The summed E-state index contributed by atoms with van der Waals surface area (Å²) in [5, 5.41) is 2.58. The Labute approximate surface area is 111 Å². The maximum Gasteiger partial charge on any atom is 0.416 e. The molecule has 1 unspecified atom stereocenters. The third kappa shape index (κ3) is 2.73. The van der Waals surface area contributed by atoms with Crippen LogP contribution >= 0.6 is 0 Å². The summed E-state index contributed by atoms with van der Waals surface area (Å²) >= 11 is 0. The van der Waals surface area contributed by atoms with E-state index in [0.717, 1.165) is 12.1 Å². The Bertz CT molecular complexity index is 570. The van der Waals surface area contributed by atoms with Gasteiger partial charge in [-0.1, -0.05) is 6.07 Å². The minimum atomic E-state index is -4.51. The monoisotopic (exact) mass is 285 g/mol. The van der Waals surface area contributed by atoms with Crippen molar-refractivity contribution in [1.29, 1.82) is 0 Å². The molecule has 20 heavy (non-hydrogen) atoms. The Kier molecular flexibility index (Phi) is 3.39. The van der Waals surface area contributed by atoms with Crippen LogP contribution in [0.15, 0.2) is 41.5 Å². The first-order chi connectivity index (χ1) is 9.33. The van der Waals surface area contributed by atoms with Gasteiger partial charge < -0.3 is 15.8 Å². The molecule has 1 aromatic rings. The lowest BCUT2D eigenvalue weighted by Gasteiger charge is -2.26. The van der Waals surface area contributed by atoms with E-state index in [1.165, 1.54) is 30.7 Å². The second-order valence-corrected chi connectivity index (χ2v) is 3.95.